The van der Waals surface area contributed by atoms with Gasteiger partial charge in [-0.25, -0.2) is 0 Å². The van der Waals surface area contributed by atoms with Crippen molar-refractivity contribution >= 4 is 5.91 Å². The van der Waals surface area contributed by atoms with Gasteiger partial charge in [0.05, 0.1) is 12.2 Å². The number of nitrogens with one attached hydrogen (secondary N) is 1. The second-order valence-corrected chi connectivity index (χ2v) is 5.80. The van der Waals surface area contributed by atoms with E-state index in [1.54, 1.807) is 24.3 Å². The van der Waals surface area contributed by atoms with Gasteiger partial charge in [0.25, 0.3) is 5.91 Å². The maximum absolute atomic E-state index is 12.1. The maximum Gasteiger partial charge on any atom is 0.251 e. The molecule has 124 valence electrons. The lowest BCUT2D eigenvalue weighted by molar-refractivity contribution is 0.0941. The molecule has 0 aliphatic carbocycles. The number of benzene rings is 1. The molecule has 0 saturated carbocycles. The first-order valence-corrected chi connectivity index (χ1v) is 7.81. The van der Waals surface area contributed by atoms with E-state index in [1.807, 2.05) is 43.8 Å². The molecule has 0 spiro atoms. The molecule has 1 aromatic heterocycles. The van der Waals surface area contributed by atoms with E-state index >= 15 is 0 Å². The van der Waals surface area contributed by atoms with E-state index < -0.39 is 6.10 Å². The molecule has 0 radical (unpaired) electrons. The zero-order valence-electron chi connectivity index (χ0n) is 13.8. The van der Waals surface area contributed by atoms with Crippen LogP contribution in [-0.4, -0.2) is 28.2 Å². The van der Waals surface area contributed by atoms with Crippen LogP contribution in [0.25, 0.3) is 0 Å². The molecule has 5 nitrogen and oxygen atoms in total. The van der Waals surface area contributed by atoms with Crippen molar-refractivity contribution in [2.75, 3.05) is 6.54 Å². The van der Waals surface area contributed by atoms with Crippen LogP contribution in [0.15, 0.2) is 42.6 Å². The third-order valence-corrected chi connectivity index (χ3v) is 3.52. The van der Waals surface area contributed by atoms with Crippen molar-refractivity contribution in [1.82, 2.24) is 9.88 Å². The number of aliphatic hydroxyl groups excluding tert-OH is 1. The van der Waals surface area contributed by atoms with Crippen molar-refractivity contribution in [2.24, 2.45) is 7.05 Å². The van der Waals surface area contributed by atoms with Crippen molar-refractivity contribution in [2.45, 2.75) is 32.5 Å². The molecule has 1 atom stereocenters. The lowest BCUT2D eigenvalue weighted by atomic mass is 10.1. The van der Waals surface area contributed by atoms with Gasteiger partial charge < -0.3 is 19.7 Å². The van der Waals surface area contributed by atoms with E-state index in [2.05, 4.69) is 5.32 Å². The lowest BCUT2D eigenvalue weighted by Gasteiger charge is -2.13. The number of ether oxygens (including phenoxy) is 1. The van der Waals surface area contributed by atoms with Crippen LogP contribution in [0, 0.1) is 0 Å². The summed E-state index contributed by atoms with van der Waals surface area (Å²) in [5.74, 6) is 0.593. The van der Waals surface area contributed by atoms with Crippen LogP contribution in [-0.2, 0) is 7.05 Å². The third-order valence-electron chi connectivity index (χ3n) is 3.52. The molecule has 0 saturated heterocycles. The number of nitrogens with zero attached hydrogens (tertiary/aromatic N) is 1. The van der Waals surface area contributed by atoms with Crippen molar-refractivity contribution in [1.29, 1.82) is 0 Å². The monoisotopic (exact) mass is 316 g/mol. The highest BCUT2D eigenvalue weighted by molar-refractivity contribution is 5.94. The minimum absolute atomic E-state index is 0.105. The molecule has 2 aromatic rings. The predicted molar refractivity (Wildman–Crippen MR) is 89.5 cm³/mol. The molecule has 1 amide bonds. The van der Waals surface area contributed by atoms with Gasteiger partial charge in [-0.05, 0) is 56.7 Å². The van der Waals surface area contributed by atoms with Gasteiger partial charge in [-0.3, -0.25) is 4.79 Å². The van der Waals surface area contributed by atoms with Gasteiger partial charge >= 0.3 is 0 Å². The maximum atomic E-state index is 12.1. The van der Waals surface area contributed by atoms with Gasteiger partial charge in [-0.1, -0.05) is 0 Å². The molecule has 23 heavy (non-hydrogen) atoms. The highest BCUT2D eigenvalue weighted by Crippen LogP contribution is 2.16. The number of amides is 1. The average molecular weight is 316 g/mol. The Kier molecular flexibility index (Phi) is 5.82. The Labute approximate surface area is 136 Å². The molecule has 0 fully saturated rings. The topological polar surface area (TPSA) is 63.5 Å². The Morgan fingerprint density at radius 2 is 1.96 bits per heavy atom. The summed E-state index contributed by atoms with van der Waals surface area (Å²) in [7, 11) is 1.89. The van der Waals surface area contributed by atoms with Crippen molar-refractivity contribution in [3.63, 3.8) is 0 Å². The summed E-state index contributed by atoms with van der Waals surface area (Å²) in [4.78, 5) is 12.1. The van der Waals surface area contributed by atoms with E-state index in [0.717, 1.165) is 11.4 Å². The number of aliphatic hydroxyl groups is 1. The highest BCUT2D eigenvalue weighted by atomic mass is 16.5. The summed E-state index contributed by atoms with van der Waals surface area (Å²) in [5, 5.41) is 12.9. The number of hydrogen-bond acceptors (Lipinski definition) is 3. The second-order valence-electron chi connectivity index (χ2n) is 5.80. The number of carbonyl (C=O) groups is 1. The summed E-state index contributed by atoms with van der Waals surface area (Å²) in [5.41, 5.74) is 1.42. The Bertz CT molecular complexity index is 632. The number of carbonyl (C=O) groups excluding carboxylic acids is 1. The van der Waals surface area contributed by atoms with Gasteiger partial charge in [0.15, 0.2) is 0 Å². The van der Waals surface area contributed by atoms with Gasteiger partial charge in [0.1, 0.15) is 5.75 Å². The first-order chi connectivity index (χ1) is 11.0. The molecule has 0 bridgehead atoms. The molecule has 1 unspecified atom stereocenters. The number of aromatic nitrogens is 1. The number of aryl methyl sites for hydroxylation is 1. The van der Waals surface area contributed by atoms with Gasteiger partial charge in [-0.2, -0.15) is 0 Å². The van der Waals surface area contributed by atoms with Crippen molar-refractivity contribution in [3.8, 4) is 5.75 Å². The van der Waals surface area contributed by atoms with E-state index in [-0.39, 0.29) is 12.0 Å². The molecule has 0 aliphatic heterocycles. The van der Waals surface area contributed by atoms with E-state index in [1.165, 1.54) is 0 Å². The summed E-state index contributed by atoms with van der Waals surface area (Å²) >= 11 is 0. The first-order valence-electron chi connectivity index (χ1n) is 7.81. The Morgan fingerprint density at radius 3 is 2.52 bits per heavy atom. The van der Waals surface area contributed by atoms with Crippen LogP contribution >= 0.6 is 0 Å². The summed E-state index contributed by atoms with van der Waals surface area (Å²) < 4.78 is 7.42. The Hall–Kier alpha value is -2.27. The van der Waals surface area contributed by atoms with Gasteiger partial charge in [-0.15, -0.1) is 0 Å². The minimum Gasteiger partial charge on any atom is -0.491 e. The summed E-state index contributed by atoms with van der Waals surface area (Å²) in [6.07, 6.45) is 1.88. The Balaban J connectivity index is 1.81. The molecule has 1 heterocycles. The van der Waals surface area contributed by atoms with E-state index in [0.29, 0.717) is 18.5 Å². The molecule has 1 aromatic carbocycles. The SMILES string of the molecule is CC(C)Oc1ccc(C(=O)NCCC(O)c2cccn2C)cc1. The van der Waals surface area contributed by atoms with Crippen molar-refractivity contribution < 1.29 is 14.6 Å². The van der Waals surface area contributed by atoms with E-state index in [9.17, 15) is 9.90 Å². The second kappa shape index (κ2) is 7.83. The number of hydrogen-bond donors (Lipinski definition) is 2. The normalized spacial score (nSPS) is 12.2. The highest BCUT2D eigenvalue weighted by Gasteiger charge is 2.11. The van der Waals surface area contributed by atoms with E-state index in [4.69, 9.17) is 4.74 Å². The van der Waals surface area contributed by atoms with Gasteiger partial charge in [0, 0.05) is 31.0 Å². The molecule has 2 N–H and O–H groups in total. The molecule has 5 heteroatoms. The summed E-state index contributed by atoms with van der Waals surface area (Å²) in [6, 6.07) is 10.8. The van der Waals surface area contributed by atoms with Crippen LogP contribution < -0.4 is 10.1 Å². The van der Waals surface area contributed by atoms with Crippen LogP contribution in [0.2, 0.25) is 0 Å². The fourth-order valence-corrected chi connectivity index (χ4v) is 2.35. The zero-order chi connectivity index (χ0) is 16.8. The standard InChI is InChI=1S/C18H24N2O3/c1-13(2)23-15-8-6-14(7-9-15)18(22)19-11-10-17(21)16-5-4-12-20(16)3/h4-9,12-13,17,21H,10-11H2,1-3H3,(H,19,22). The van der Waals surface area contributed by atoms with Gasteiger partial charge in [0.2, 0.25) is 0 Å². The lowest BCUT2D eigenvalue weighted by Crippen LogP contribution is -2.25. The molecular formula is C18H24N2O3. The first kappa shape index (κ1) is 17.1. The van der Waals surface area contributed by atoms with Crippen LogP contribution in [0.4, 0.5) is 0 Å². The largest absolute Gasteiger partial charge is 0.491 e. The third kappa shape index (κ3) is 4.86. The smallest absolute Gasteiger partial charge is 0.251 e. The molecular weight excluding hydrogens is 292 g/mol. The fraction of sp³-hybridized carbons (Fsp3) is 0.389. The predicted octanol–water partition coefficient (Wildman–Crippen LogP) is 2.67. The molecule has 0 aliphatic rings. The molecule has 2 rings (SSSR count). The summed E-state index contributed by atoms with van der Waals surface area (Å²) in [6.45, 7) is 4.33. The van der Waals surface area contributed by atoms with Crippen molar-refractivity contribution in [3.05, 3.63) is 53.9 Å². The Morgan fingerprint density at radius 1 is 1.26 bits per heavy atom. The minimum atomic E-state index is -0.586. The zero-order valence-corrected chi connectivity index (χ0v) is 13.8. The quantitative estimate of drug-likeness (QED) is 0.825. The fourth-order valence-electron chi connectivity index (χ4n) is 2.35. The van der Waals surface area contributed by atoms with Crippen LogP contribution in [0.5, 0.6) is 5.75 Å². The van der Waals surface area contributed by atoms with Crippen LogP contribution in [0.1, 0.15) is 42.4 Å². The van der Waals surface area contributed by atoms with Crippen LogP contribution in [0.3, 0.4) is 0 Å². The number of rotatable bonds is 7. The average Bonchev–Trinajstić information content (AvgIpc) is 2.93.